The van der Waals surface area contributed by atoms with Crippen LogP contribution >= 0.6 is 0 Å². The molecule has 5 nitrogen and oxygen atoms in total. The fourth-order valence-corrected chi connectivity index (χ4v) is 2.75. The standard InChI is InChI=1S/C16H17FN2O3/c17-13-5-1-3-11(7-13)14-8-18-15(22-14)10-19-6-2-4-12(9-19)16(20)21/h1,3,5,7-8,12H,2,4,6,9-10H2,(H,20,21). The summed E-state index contributed by atoms with van der Waals surface area (Å²) in [5.74, 6) is -0.369. The summed E-state index contributed by atoms with van der Waals surface area (Å²) in [6.45, 7) is 1.81. The van der Waals surface area contributed by atoms with Gasteiger partial charge in [0.15, 0.2) is 5.76 Å². The first-order valence-corrected chi connectivity index (χ1v) is 7.27. The highest BCUT2D eigenvalue weighted by atomic mass is 19.1. The zero-order valence-corrected chi connectivity index (χ0v) is 12.0. The fraction of sp³-hybridized carbons (Fsp3) is 0.375. The monoisotopic (exact) mass is 304 g/mol. The number of carboxylic acids is 1. The molecule has 1 unspecified atom stereocenters. The summed E-state index contributed by atoms with van der Waals surface area (Å²) in [7, 11) is 0. The van der Waals surface area contributed by atoms with Crippen molar-refractivity contribution in [1.29, 1.82) is 0 Å². The third kappa shape index (κ3) is 3.33. The van der Waals surface area contributed by atoms with Gasteiger partial charge in [-0.2, -0.15) is 0 Å². The van der Waals surface area contributed by atoms with E-state index in [1.807, 2.05) is 4.90 Å². The first-order valence-electron chi connectivity index (χ1n) is 7.27. The van der Waals surface area contributed by atoms with Crippen molar-refractivity contribution in [3.63, 3.8) is 0 Å². The lowest BCUT2D eigenvalue weighted by Gasteiger charge is -2.29. The van der Waals surface area contributed by atoms with E-state index >= 15 is 0 Å². The van der Waals surface area contributed by atoms with E-state index < -0.39 is 5.97 Å². The highest BCUT2D eigenvalue weighted by molar-refractivity contribution is 5.70. The lowest BCUT2D eigenvalue weighted by Crippen LogP contribution is -2.38. The topological polar surface area (TPSA) is 66.6 Å². The number of aliphatic carboxylic acids is 1. The van der Waals surface area contributed by atoms with E-state index in [4.69, 9.17) is 9.52 Å². The first-order chi connectivity index (χ1) is 10.6. The lowest BCUT2D eigenvalue weighted by molar-refractivity contribution is -0.143. The molecule has 6 heteroatoms. The van der Waals surface area contributed by atoms with Crippen LogP contribution in [0.15, 0.2) is 34.9 Å². The van der Waals surface area contributed by atoms with Gasteiger partial charge in [-0.25, -0.2) is 9.37 Å². The molecule has 1 aromatic heterocycles. The van der Waals surface area contributed by atoms with Crippen molar-refractivity contribution in [2.75, 3.05) is 13.1 Å². The van der Waals surface area contributed by atoms with Crippen LogP contribution < -0.4 is 0 Å². The molecule has 0 aliphatic carbocycles. The van der Waals surface area contributed by atoms with Gasteiger partial charge >= 0.3 is 5.97 Å². The van der Waals surface area contributed by atoms with E-state index in [1.54, 1.807) is 18.3 Å². The van der Waals surface area contributed by atoms with Crippen LogP contribution in [0.1, 0.15) is 18.7 Å². The maximum atomic E-state index is 13.2. The number of halogens is 1. The normalized spacial score (nSPS) is 19.2. The Morgan fingerprint density at radius 2 is 2.36 bits per heavy atom. The molecule has 0 saturated carbocycles. The summed E-state index contributed by atoms with van der Waals surface area (Å²) in [6, 6.07) is 6.15. The second-order valence-corrected chi connectivity index (χ2v) is 5.54. The van der Waals surface area contributed by atoms with Crippen molar-refractivity contribution < 1.29 is 18.7 Å². The summed E-state index contributed by atoms with van der Waals surface area (Å²) in [5.41, 5.74) is 0.640. The molecule has 0 radical (unpaired) electrons. The van der Waals surface area contributed by atoms with Gasteiger partial charge < -0.3 is 9.52 Å². The number of hydrogen-bond donors (Lipinski definition) is 1. The average Bonchev–Trinajstić information content (AvgIpc) is 2.96. The number of likely N-dealkylation sites (tertiary alicyclic amines) is 1. The van der Waals surface area contributed by atoms with Crippen molar-refractivity contribution in [2.45, 2.75) is 19.4 Å². The van der Waals surface area contributed by atoms with Gasteiger partial charge in [0.05, 0.1) is 18.7 Å². The van der Waals surface area contributed by atoms with Gasteiger partial charge in [0.25, 0.3) is 0 Å². The second kappa shape index (κ2) is 6.27. The number of aromatic nitrogens is 1. The molecule has 2 aromatic rings. The minimum Gasteiger partial charge on any atom is -0.481 e. The Labute approximate surface area is 127 Å². The molecule has 0 amide bonds. The average molecular weight is 304 g/mol. The predicted molar refractivity (Wildman–Crippen MR) is 77.5 cm³/mol. The summed E-state index contributed by atoms with van der Waals surface area (Å²) in [6.07, 6.45) is 3.14. The van der Waals surface area contributed by atoms with Crippen LogP contribution in [0, 0.1) is 11.7 Å². The Hall–Kier alpha value is -2.21. The van der Waals surface area contributed by atoms with E-state index in [2.05, 4.69) is 4.98 Å². The minimum absolute atomic E-state index is 0.323. The molecule has 1 saturated heterocycles. The molecule has 0 bridgehead atoms. The van der Waals surface area contributed by atoms with Gasteiger partial charge in [-0.05, 0) is 31.5 Å². The van der Waals surface area contributed by atoms with E-state index in [9.17, 15) is 9.18 Å². The number of oxazole rings is 1. The maximum Gasteiger partial charge on any atom is 0.307 e. The van der Waals surface area contributed by atoms with Crippen LogP contribution in [0.25, 0.3) is 11.3 Å². The van der Waals surface area contributed by atoms with Gasteiger partial charge in [0.2, 0.25) is 5.89 Å². The van der Waals surface area contributed by atoms with Crippen molar-refractivity contribution in [3.8, 4) is 11.3 Å². The largest absolute Gasteiger partial charge is 0.481 e. The van der Waals surface area contributed by atoms with Crippen LogP contribution in [0.5, 0.6) is 0 Å². The third-order valence-corrected chi connectivity index (χ3v) is 3.88. The number of benzene rings is 1. The van der Waals surface area contributed by atoms with Crippen molar-refractivity contribution in [3.05, 3.63) is 42.2 Å². The molecule has 2 heterocycles. The molecule has 22 heavy (non-hydrogen) atoms. The zero-order valence-electron chi connectivity index (χ0n) is 12.0. The minimum atomic E-state index is -0.752. The van der Waals surface area contributed by atoms with Crippen LogP contribution in [0.3, 0.4) is 0 Å². The number of carbonyl (C=O) groups is 1. The predicted octanol–water partition coefficient (Wildman–Crippen LogP) is 2.78. The second-order valence-electron chi connectivity index (χ2n) is 5.54. The van der Waals surface area contributed by atoms with Gasteiger partial charge in [-0.3, -0.25) is 9.69 Å². The SMILES string of the molecule is O=C(O)C1CCCN(Cc2ncc(-c3cccc(F)c3)o2)C1. The Morgan fingerprint density at radius 3 is 3.14 bits per heavy atom. The zero-order chi connectivity index (χ0) is 15.5. The molecule has 116 valence electrons. The Bertz CT molecular complexity index is 671. The van der Waals surface area contributed by atoms with Crippen molar-refractivity contribution in [2.24, 2.45) is 5.92 Å². The van der Waals surface area contributed by atoms with Gasteiger partial charge in [0.1, 0.15) is 5.82 Å². The van der Waals surface area contributed by atoms with E-state index in [-0.39, 0.29) is 11.7 Å². The van der Waals surface area contributed by atoms with Crippen LogP contribution in [-0.2, 0) is 11.3 Å². The summed E-state index contributed by atoms with van der Waals surface area (Å²) < 4.78 is 18.9. The molecule has 1 atom stereocenters. The van der Waals surface area contributed by atoms with Gasteiger partial charge in [-0.1, -0.05) is 12.1 Å². The van der Waals surface area contributed by atoms with E-state index in [0.717, 1.165) is 13.0 Å². The van der Waals surface area contributed by atoms with Crippen molar-refractivity contribution in [1.82, 2.24) is 9.88 Å². The number of hydrogen-bond acceptors (Lipinski definition) is 4. The molecule has 1 fully saturated rings. The lowest BCUT2D eigenvalue weighted by atomic mass is 9.98. The molecular formula is C16H17FN2O3. The third-order valence-electron chi connectivity index (χ3n) is 3.88. The highest BCUT2D eigenvalue weighted by Gasteiger charge is 2.26. The Morgan fingerprint density at radius 1 is 1.50 bits per heavy atom. The maximum absolute atomic E-state index is 13.2. The molecular weight excluding hydrogens is 287 g/mol. The molecule has 1 aliphatic heterocycles. The smallest absolute Gasteiger partial charge is 0.307 e. The highest BCUT2D eigenvalue weighted by Crippen LogP contribution is 2.23. The van der Waals surface area contributed by atoms with Crippen LogP contribution in [-0.4, -0.2) is 34.0 Å². The Balaban J connectivity index is 1.68. The summed E-state index contributed by atoms with van der Waals surface area (Å²) in [5, 5.41) is 9.10. The Kier molecular flexibility index (Phi) is 4.20. The van der Waals surface area contributed by atoms with E-state index in [0.29, 0.717) is 36.7 Å². The number of nitrogens with zero attached hydrogens (tertiary/aromatic N) is 2. The number of carboxylic acid groups (broad SMARTS) is 1. The number of rotatable bonds is 4. The molecule has 3 rings (SSSR count). The fourth-order valence-electron chi connectivity index (χ4n) is 2.75. The molecule has 1 aliphatic rings. The van der Waals surface area contributed by atoms with Crippen molar-refractivity contribution >= 4 is 5.97 Å². The van der Waals surface area contributed by atoms with Gasteiger partial charge in [-0.15, -0.1) is 0 Å². The summed E-state index contributed by atoms with van der Waals surface area (Å²) >= 11 is 0. The molecule has 1 aromatic carbocycles. The molecule has 1 N–H and O–H groups in total. The first kappa shape index (κ1) is 14.7. The van der Waals surface area contributed by atoms with Crippen LogP contribution in [0.4, 0.5) is 4.39 Å². The molecule has 0 spiro atoms. The van der Waals surface area contributed by atoms with Crippen LogP contribution in [0.2, 0.25) is 0 Å². The number of piperidine rings is 1. The van der Waals surface area contributed by atoms with Gasteiger partial charge in [0, 0.05) is 12.1 Å². The van der Waals surface area contributed by atoms with E-state index in [1.165, 1.54) is 12.1 Å². The quantitative estimate of drug-likeness (QED) is 0.941. The summed E-state index contributed by atoms with van der Waals surface area (Å²) in [4.78, 5) is 17.3.